The van der Waals surface area contributed by atoms with Crippen molar-refractivity contribution in [2.24, 2.45) is 5.92 Å². The number of sulfonamides is 1. The molecule has 0 N–H and O–H groups in total. The Bertz CT molecular complexity index is 1830. The standard InChI is InChI=1S/C33H34ClN5O4S2/c1-38(45(40,41)31-12-11-29(44-31)28-15-18-42-36-28)22-33(25-7-9-27(34)10-8-25)20-26(33)21-39-16-13-24(14-17-39)32-35-30(37-43-32)19-23-5-3-2-4-6-23/h2-12,15,18,24,26H,13-14,16-17,19-22H2,1H3/t26-,33+/m0/s1. The van der Waals surface area contributed by atoms with Gasteiger partial charge in [-0.05, 0) is 73.7 Å². The topological polar surface area (TPSA) is 106 Å². The Kier molecular flexibility index (Phi) is 8.39. The molecule has 2 aliphatic rings. The number of hydrogen-bond acceptors (Lipinski definition) is 9. The lowest BCUT2D eigenvalue weighted by molar-refractivity contribution is 0.182. The number of halogens is 1. The summed E-state index contributed by atoms with van der Waals surface area (Å²) in [5.74, 6) is 2.03. The number of thiophene rings is 1. The molecule has 45 heavy (non-hydrogen) atoms. The zero-order chi connectivity index (χ0) is 31.0. The molecule has 7 rings (SSSR count). The van der Waals surface area contributed by atoms with Gasteiger partial charge in [-0.25, -0.2) is 8.42 Å². The minimum atomic E-state index is -3.70. The summed E-state index contributed by atoms with van der Waals surface area (Å²) in [7, 11) is -2.02. The van der Waals surface area contributed by atoms with Gasteiger partial charge in [-0.1, -0.05) is 64.4 Å². The molecule has 1 saturated heterocycles. The second-order valence-electron chi connectivity index (χ2n) is 12.1. The van der Waals surface area contributed by atoms with E-state index in [1.165, 1.54) is 27.5 Å². The summed E-state index contributed by atoms with van der Waals surface area (Å²) in [5, 5.41) is 8.85. The van der Waals surface area contributed by atoms with Crippen molar-refractivity contribution in [2.45, 2.75) is 41.2 Å². The van der Waals surface area contributed by atoms with Gasteiger partial charge in [0.15, 0.2) is 5.82 Å². The summed E-state index contributed by atoms with van der Waals surface area (Å²) < 4.78 is 39.9. The van der Waals surface area contributed by atoms with E-state index >= 15 is 0 Å². The van der Waals surface area contributed by atoms with Gasteiger partial charge in [0.05, 0.1) is 4.88 Å². The second-order valence-corrected chi connectivity index (χ2v) is 15.9. The minimum Gasteiger partial charge on any atom is -0.364 e. The largest absolute Gasteiger partial charge is 0.364 e. The van der Waals surface area contributed by atoms with Crippen molar-refractivity contribution >= 4 is 33.0 Å². The molecule has 1 aliphatic carbocycles. The Labute approximate surface area is 271 Å². The first kappa shape index (κ1) is 30.3. The van der Waals surface area contributed by atoms with Gasteiger partial charge in [0.2, 0.25) is 5.89 Å². The molecule has 0 radical (unpaired) electrons. The van der Waals surface area contributed by atoms with E-state index in [1.807, 2.05) is 42.5 Å². The van der Waals surface area contributed by atoms with Crippen LogP contribution in [0.5, 0.6) is 0 Å². The highest BCUT2D eigenvalue weighted by Crippen LogP contribution is 2.56. The molecule has 0 unspecified atom stereocenters. The molecule has 2 aromatic carbocycles. The van der Waals surface area contributed by atoms with Crippen LogP contribution >= 0.6 is 22.9 Å². The predicted octanol–water partition coefficient (Wildman–Crippen LogP) is 6.49. The Morgan fingerprint density at radius 3 is 2.53 bits per heavy atom. The predicted molar refractivity (Wildman–Crippen MR) is 173 cm³/mol. The van der Waals surface area contributed by atoms with E-state index in [1.54, 1.807) is 25.2 Å². The van der Waals surface area contributed by atoms with Gasteiger partial charge < -0.3 is 13.9 Å². The van der Waals surface area contributed by atoms with Gasteiger partial charge in [-0.2, -0.15) is 9.29 Å². The second kappa shape index (κ2) is 12.4. The van der Waals surface area contributed by atoms with Crippen LogP contribution in [0.4, 0.5) is 0 Å². The molecule has 0 bridgehead atoms. The summed E-state index contributed by atoms with van der Waals surface area (Å²) in [6, 6.07) is 23.2. The molecule has 3 aromatic heterocycles. The van der Waals surface area contributed by atoms with E-state index in [0.717, 1.165) is 61.1 Å². The highest BCUT2D eigenvalue weighted by atomic mass is 35.5. The molecule has 2 atom stereocenters. The number of rotatable bonds is 11. The maximum absolute atomic E-state index is 13.7. The van der Waals surface area contributed by atoms with Crippen molar-refractivity contribution in [3.8, 4) is 10.6 Å². The minimum absolute atomic E-state index is 0.253. The first-order chi connectivity index (χ1) is 21.8. The van der Waals surface area contributed by atoms with Crippen molar-refractivity contribution in [3.63, 3.8) is 0 Å². The molecule has 1 aliphatic heterocycles. The third kappa shape index (κ3) is 6.37. The fourth-order valence-electron chi connectivity index (χ4n) is 6.57. The van der Waals surface area contributed by atoms with Crippen LogP contribution in [0.25, 0.3) is 10.6 Å². The number of likely N-dealkylation sites (N-methyl/N-ethyl adjacent to an activating group) is 1. The summed E-state index contributed by atoms with van der Waals surface area (Å²) in [6.45, 7) is 3.16. The molecule has 9 nitrogen and oxygen atoms in total. The quantitative estimate of drug-likeness (QED) is 0.158. The summed E-state index contributed by atoms with van der Waals surface area (Å²) in [4.78, 5) is 7.97. The lowest BCUT2D eigenvalue weighted by Gasteiger charge is -2.32. The van der Waals surface area contributed by atoms with E-state index in [0.29, 0.717) is 33.8 Å². The summed E-state index contributed by atoms with van der Waals surface area (Å²) in [5.41, 5.74) is 2.63. The average molecular weight is 664 g/mol. The summed E-state index contributed by atoms with van der Waals surface area (Å²) in [6.07, 6.45) is 4.96. The van der Waals surface area contributed by atoms with Gasteiger partial charge in [0.1, 0.15) is 16.2 Å². The van der Waals surface area contributed by atoms with Crippen molar-refractivity contribution < 1.29 is 17.5 Å². The molecule has 4 heterocycles. The molecule has 0 amide bonds. The first-order valence-electron chi connectivity index (χ1n) is 15.1. The average Bonchev–Trinajstić information content (AvgIpc) is 3.58. The van der Waals surface area contributed by atoms with Crippen LogP contribution in [0.3, 0.4) is 0 Å². The molecule has 12 heteroatoms. The van der Waals surface area contributed by atoms with E-state index < -0.39 is 10.0 Å². The zero-order valence-electron chi connectivity index (χ0n) is 24.9. The van der Waals surface area contributed by atoms with Crippen LogP contribution in [-0.4, -0.2) is 66.1 Å². The van der Waals surface area contributed by atoms with Crippen molar-refractivity contribution in [3.05, 3.63) is 107 Å². The molecule has 5 aromatic rings. The molecule has 234 valence electrons. The van der Waals surface area contributed by atoms with Crippen LogP contribution in [0.15, 0.2) is 92.3 Å². The molecule has 0 spiro atoms. The Balaban J connectivity index is 1.01. The lowest BCUT2D eigenvalue weighted by Crippen LogP contribution is -2.39. The smallest absolute Gasteiger partial charge is 0.252 e. The third-order valence-electron chi connectivity index (χ3n) is 9.20. The van der Waals surface area contributed by atoms with Crippen molar-refractivity contribution in [2.75, 3.05) is 33.2 Å². The van der Waals surface area contributed by atoms with E-state index in [2.05, 4.69) is 27.3 Å². The van der Waals surface area contributed by atoms with Crippen molar-refractivity contribution in [1.82, 2.24) is 24.5 Å². The number of nitrogens with zero attached hydrogens (tertiary/aromatic N) is 5. The molecular weight excluding hydrogens is 630 g/mol. The molecule has 2 fully saturated rings. The van der Waals surface area contributed by atoms with Crippen LogP contribution in [0.1, 0.15) is 48.0 Å². The van der Waals surface area contributed by atoms with Gasteiger partial charge in [-0.3, -0.25) is 0 Å². The highest BCUT2D eigenvalue weighted by Gasteiger charge is 2.57. The summed E-state index contributed by atoms with van der Waals surface area (Å²) >= 11 is 7.45. The Hall–Kier alpha value is -3.35. The number of piperidine rings is 1. The Morgan fingerprint density at radius 1 is 1.02 bits per heavy atom. The Morgan fingerprint density at radius 2 is 1.80 bits per heavy atom. The zero-order valence-corrected chi connectivity index (χ0v) is 27.3. The molecular formula is C33H34ClN5O4S2. The van der Waals surface area contributed by atoms with Crippen LogP contribution in [0.2, 0.25) is 5.02 Å². The lowest BCUT2D eigenvalue weighted by atomic mass is 9.92. The maximum atomic E-state index is 13.7. The van der Waals surface area contributed by atoms with Crippen LogP contribution < -0.4 is 0 Å². The highest BCUT2D eigenvalue weighted by molar-refractivity contribution is 7.91. The van der Waals surface area contributed by atoms with Gasteiger partial charge in [0.25, 0.3) is 10.0 Å². The number of likely N-dealkylation sites (tertiary alicyclic amines) is 1. The van der Waals surface area contributed by atoms with Gasteiger partial charge >= 0.3 is 0 Å². The number of hydrogen-bond donors (Lipinski definition) is 0. The molecule has 1 saturated carbocycles. The van der Waals surface area contributed by atoms with E-state index in [-0.39, 0.29) is 11.3 Å². The first-order valence-corrected chi connectivity index (χ1v) is 17.8. The normalized spacial score (nSPS) is 21.0. The fraction of sp³-hybridized carbons (Fsp3) is 0.364. The fourth-order valence-corrected chi connectivity index (χ4v) is 9.41. The number of benzene rings is 2. The maximum Gasteiger partial charge on any atom is 0.252 e. The number of aromatic nitrogens is 3. The van der Waals surface area contributed by atoms with Crippen LogP contribution in [-0.2, 0) is 21.9 Å². The van der Waals surface area contributed by atoms with Gasteiger partial charge in [0, 0.05) is 49.0 Å². The van der Waals surface area contributed by atoms with Gasteiger partial charge in [-0.15, -0.1) is 11.3 Å². The van der Waals surface area contributed by atoms with E-state index in [4.69, 9.17) is 25.6 Å². The monoisotopic (exact) mass is 663 g/mol. The van der Waals surface area contributed by atoms with Crippen molar-refractivity contribution in [1.29, 1.82) is 0 Å². The SMILES string of the molecule is CN(C[C@@]1(c2ccc(Cl)cc2)C[C@H]1CN1CCC(c2nc(Cc3ccccc3)no2)CC1)S(=O)(=O)c1ccc(-c2ccon2)s1. The third-order valence-corrected chi connectivity index (χ3v) is 12.8. The van der Waals surface area contributed by atoms with E-state index in [9.17, 15) is 8.42 Å². The van der Waals surface area contributed by atoms with Crippen LogP contribution in [0, 0.1) is 5.92 Å².